The van der Waals surface area contributed by atoms with Crippen molar-refractivity contribution in [1.82, 2.24) is 0 Å². The Labute approximate surface area is 321 Å². The second kappa shape index (κ2) is 13.9. The second-order valence-electron chi connectivity index (χ2n) is 13.7. The van der Waals surface area contributed by atoms with Crippen LogP contribution in [0.5, 0.6) is 11.5 Å². The van der Waals surface area contributed by atoms with E-state index in [1.165, 1.54) is 16.7 Å². The normalized spacial score (nSPS) is 11.4. The van der Waals surface area contributed by atoms with Crippen LogP contribution in [0.1, 0.15) is 0 Å². The van der Waals surface area contributed by atoms with E-state index >= 15 is 0 Å². The van der Waals surface area contributed by atoms with Crippen molar-refractivity contribution in [2.24, 2.45) is 0 Å². The topological polar surface area (TPSA) is 15.7 Å². The Bertz CT molecular complexity index is 2710. The number of rotatable bonds is 8. The van der Waals surface area contributed by atoms with Crippen LogP contribution in [0.4, 0.5) is 34.1 Å². The SMILES string of the molecule is c1ccc(-c2ccc(-c3ccc(N(c4ccccc4)c4ccc5cccc6c5c4Oc4cccc(N(c5ccccc5)c5ccccc5)c4-6)cc3)cc2)cc1. The van der Waals surface area contributed by atoms with Crippen LogP contribution in [-0.4, -0.2) is 0 Å². The first-order valence-corrected chi connectivity index (χ1v) is 18.7. The molecule has 1 aliphatic heterocycles. The highest BCUT2D eigenvalue weighted by atomic mass is 16.5. The van der Waals surface area contributed by atoms with Crippen molar-refractivity contribution in [3.63, 3.8) is 0 Å². The van der Waals surface area contributed by atoms with Gasteiger partial charge in [-0.1, -0.05) is 152 Å². The van der Waals surface area contributed by atoms with Crippen molar-refractivity contribution in [1.29, 1.82) is 0 Å². The molecule has 0 aliphatic carbocycles. The molecule has 0 atom stereocenters. The zero-order valence-corrected chi connectivity index (χ0v) is 30.1. The van der Waals surface area contributed by atoms with Gasteiger partial charge in [-0.2, -0.15) is 0 Å². The molecule has 0 unspecified atom stereocenters. The predicted molar refractivity (Wildman–Crippen MR) is 230 cm³/mol. The van der Waals surface area contributed by atoms with Gasteiger partial charge in [-0.25, -0.2) is 0 Å². The number of hydrogen-bond acceptors (Lipinski definition) is 3. The largest absolute Gasteiger partial charge is 0.454 e. The lowest BCUT2D eigenvalue weighted by Crippen LogP contribution is -2.14. The first-order valence-electron chi connectivity index (χ1n) is 18.7. The van der Waals surface area contributed by atoms with Gasteiger partial charge in [-0.3, -0.25) is 0 Å². The zero-order chi connectivity index (χ0) is 36.6. The third-order valence-electron chi connectivity index (χ3n) is 10.4. The van der Waals surface area contributed by atoms with Gasteiger partial charge in [-0.05, 0) is 99.9 Å². The first-order chi connectivity index (χ1) is 27.3. The van der Waals surface area contributed by atoms with Crippen LogP contribution >= 0.6 is 0 Å². The smallest absolute Gasteiger partial charge is 0.159 e. The van der Waals surface area contributed by atoms with Crippen LogP contribution in [0.15, 0.2) is 218 Å². The van der Waals surface area contributed by atoms with Gasteiger partial charge in [0.25, 0.3) is 0 Å². The summed E-state index contributed by atoms with van der Waals surface area (Å²) in [6.45, 7) is 0. The van der Waals surface area contributed by atoms with Crippen LogP contribution in [0.25, 0.3) is 44.2 Å². The minimum Gasteiger partial charge on any atom is -0.454 e. The van der Waals surface area contributed by atoms with Crippen LogP contribution in [-0.2, 0) is 0 Å². The number of benzene rings is 9. The van der Waals surface area contributed by atoms with Gasteiger partial charge < -0.3 is 14.5 Å². The van der Waals surface area contributed by atoms with Gasteiger partial charge >= 0.3 is 0 Å². The number of hydrogen-bond donors (Lipinski definition) is 0. The lowest BCUT2D eigenvalue weighted by Gasteiger charge is -2.33. The minimum atomic E-state index is 0.823. The molecule has 1 heterocycles. The highest BCUT2D eigenvalue weighted by Gasteiger charge is 2.30. The lowest BCUT2D eigenvalue weighted by atomic mass is 9.92. The summed E-state index contributed by atoms with van der Waals surface area (Å²) in [5, 5.41) is 2.22. The Morgan fingerprint density at radius 1 is 0.309 bits per heavy atom. The fourth-order valence-corrected chi connectivity index (χ4v) is 7.87. The molecule has 0 aromatic heterocycles. The summed E-state index contributed by atoms with van der Waals surface area (Å²) in [6.07, 6.45) is 0. The predicted octanol–water partition coefficient (Wildman–Crippen LogP) is 14.9. The summed E-state index contributed by atoms with van der Waals surface area (Å²) in [4.78, 5) is 4.63. The summed E-state index contributed by atoms with van der Waals surface area (Å²) in [5.74, 6) is 1.66. The van der Waals surface area contributed by atoms with Gasteiger partial charge in [0, 0.05) is 33.7 Å². The van der Waals surface area contributed by atoms with E-state index in [-0.39, 0.29) is 0 Å². The zero-order valence-electron chi connectivity index (χ0n) is 30.1. The molecule has 3 nitrogen and oxygen atoms in total. The third kappa shape index (κ3) is 5.89. The second-order valence-corrected chi connectivity index (χ2v) is 13.7. The maximum atomic E-state index is 7.14. The molecular weight excluding hydrogens is 669 g/mol. The number of ether oxygens (including phenoxy) is 1. The lowest BCUT2D eigenvalue weighted by molar-refractivity contribution is 0.488. The average Bonchev–Trinajstić information content (AvgIpc) is 3.26. The van der Waals surface area contributed by atoms with E-state index in [1.807, 2.05) is 0 Å². The van der Waals surface area contributed by atoms with E-state index in [0.29, 0.717) is 0 Å². The molecule has 55 heavy (non-hydrogen) atoms. The van der Waals surface area contributed by atoms with E-state index in [9.17, 15) is 0 Å². The maximum absolute atomic E-state index is 7.14. The standard InChI is InChI=1S/C52H36N2O/c1-5-15-37(16-6-1)38-27-29-39(30-28-38)40-31-34-45(35-32-40)54(44-22-11-4-12-23-44)48-36-33-41-17-13-24-46-50(41)52(48)55-49-26-14-25-47(51(46)49)53(42-18-7-2-8-19-42)43-20-9-3-10-21-43/h1-36H. The Morgan fingerprint density at radius 2 is 0.764 bits per heavy atom. The van der Waals surface area contributed by atoms with Crippen molar-refractivity contribution in [2.75, 3.05) is 9.80 Å². The molecule has 260 valence electrons. The van der Waals surface area contributed by atoms with Crippen molar-refractivity contribution < 1.29 is 4.74 Å². The summed E-state index contributed by atoms with van der Waals surface area (Å²) < 4.78 is 7.14. The molecule has 9 aromatic carbocycles. The number of nitrogens with zero attached hydrogens (tertiary/aromatic N) is 2. The highest BCUT2D eigenvalue weighted by molar-refractivity contribution is 6.11. The van der Waals surface area contributed by atoms with E-state index < -0.39 is 0 Å². The molecule has 9 aromatic rings. The maximum Gasteiger partial charge on any atom is 0.159 e. The molecule has 0 N–H and O–H groups in total. The summed E-state index contributed by atoms with van der Waals surface area (Å²) in [5.41, 5.74) is 13.3. The van der Waals surface area contributed by atoms with Crippen LogP contribution in [0.2, 0.25) is 0 Å². The molecule has 0 spiro atoms. The van der Waals surface area contributed by atoms with Gasteiger partial charge in [0.15, 0.2) is 5.75 Å². The number of para-hydroxylation sites is 3. The Hall–Kier alpha value is -7.36. The van der Waals surface area contributed by atoms with Crippen molar-refractivity contribution in [3.05, 3.63) is 218 Å². The van der Waals surface area contributed by atoms with Crippen LogP contribution in [0, 0.1) is 0 Å². The molecule has 0 saturated carbocycles. The Kier molecular flexibility index (Phi) is 8.16. The quantitative estimate of drug-likeness (QED) is 0.157. The number of fused-ring (bicyclic) bond motifs is 2. The fourth-order valence-electron chi connectivity index (χ4n) is 7.87. The van der Waals surface area contributed by atoms with E-state index in [0.717, 1.165) is 73.1 Å². The molecule has 1 aliphatic rings. The van der Waals surface area contributed by atoms with Gasteiger partial charge in [0.1, 0.15) is 5.75 Å². The van der Waals surface area contributed by atoms with Gasteiger partial charge in [0.05, 0.1) is 11.4 Å². The Balaban J connectivity index is 1.10. The van der Waals surface area contributed by atoms with Gasteiger partial charge in [-0.15, -0.1) is 0 Å². The molecule has 0 radical (unpaired) electrons. The molecule has 0 bridgehead atoms. The van der Waals surface area contributed by atoms with E-state index in [4.69, 9.17) is 4.74 Å². The molecule has 0 saturated heterocycles. The fraction of sp³-hybridized carbons (Fsp3) is 0. The van der Waals surface area contributed by atoms with Crippen molar-refractivity contribution in [3.8, 4) is 44.9 Å². The van der Waals surface area contributed by atoms with Gasteiger partial charge in [0.2, 0.25) is 0 Å². The monoisotopic (exact) mass is 704 g/mol. The highest BCUT2D eigenvalue weighted by Crippen LogP contribution is 2.56. The molecule has 3 heteroatoms. The average molecular weight is 705 g/mol. The molecule has 0 amide bonds. The Morgan fingerprint density at radius 3 is 1.33 bits per heavy atom. The van der Waals surface area contributed by atoms with Crippen molar-refractivity contribution in [2.45, 2.75) is 0 Å². The molecule has 0 fully saturated rings. The van der Waals surface area contributed by atoms with Crippen molar-refractivity contribution >= 4 is 44.9 Å². The summed E-state index contributed by atoms with van der Waals surface area (Å²) in [7, 11) is 0. The third-order valence-corrected chi connectivity index (χ3v) is 10.4. The summed E-state index contributed by atoms with van der Waals surface area (Å²) >= 11 is 0. The van der Waals surface area contributed by atoms with E-state index in [2.05, 4.69) is 228 Å². The number of anilines is 6. The van der Waals surface area contributed by atoms with E-state index in [1.54, 1.807) is 0 Å². The van der Waals surface area contributed by atoms with Crippen LogP contribution in [0.3, 0.4) is 0 Å². The van der Waals surface area contributed by atoms with Crippen LogP contribution < -0.4 is 14.5 Å². The molecule has 10 rings (SSSR count). The first kappa shape index (κ1) is 32.3. The minimum absolute atomic E-state index is 0.823. The molecular formula is C52H36N2O. The summed E-state index contributed by atoms with van der Waals surface area (Å²) in [6, 6.07) is 77.2.